The van der Waals surface area contributed by atoms with Gasteiger partial charge in [0.05, 0.1) is 0 Å². The van der Waals surface area contributed by atoms with Crippen LogP contribution in [0.4, 0.5) is 0 Å². The maximum atomic E-state index is 12.9. The van der Waals surface area contributed by atoms with Crippen molar-refractivity contribution in [3.05, 3.63) is 12.2 Å². The number of hydrogen-bond donors (Lipinski definition) is 0. The van der Waals surface area contributed by atoms with Gasteiger partial charge in [-0.25, -0.2) is 0 Å². The molecule has 0 aliphatic rings. The summed E-state index contributed by atoms with van der Waals surface area (Å²) in [6.07, 6.45) is 69.4. The van der Waals surface area contributed by atoms with E-state index in [2.05, 4.69) is 32.9 Å². The number of carbonyl (C=O) groups is 3. The third-order valence-electron chi connectivity index (χ3n) is 14.5. The lowest BCUT2D eigenvalue weighted by molar-refractivity contribution is -0.167. The molecule has 0 fully saturated rings. The number of allylic oxidation sites excluding steroid dienone is 2. The van der Waals surface area contributed by atoms with Crippen molar-refractivity contribution in [2.24, 2.45) is 0 Å². The van der Waals surface area contributed by atoms with E-state index in [4.69, 9.17) is 14.2 Å². The molecule has 0 aromatic rings. The highest BCUT2D eigenvalue weighted by atomic mass is 16.6. The van der Waals surface area contributed by atoms with E-state index >= 15 is 0 Å². The van der Waals surface area contributed by atoms with E-state index in [1.54, 1.807) is 0 Å². The Labute approximate surface area is 437 Å². The van der Waals surface area contributed by atoms with E-state index in [0.29, 0.717) is 19.3 Å². The maximum Gasteiger partial charge on any atom is 0.306 e. The van der Waals surface area contributed by atoms with Crippen LogP contribution >= 0.6 is 0 Å². The number of esters is 3. The van der Waals surface area contributed by atoms with Gasteiger partial charge < -0.3 is 14.2 Å². The quantitative estimate of drug-likeness (QED) is 0.0261. The van der Waals surface area contributed by atoms with Crippen LogP contribution < -0.4 is 0 Å². The number of unbranched alkanes of at least 4 members (excludes halogenated alkanes) is 46. The Kier molecular flexibility index (Phi) is 58.1. The molecule has 0 heterocycles. The predicted octanol–water partition coefficient (Wildman–Crippen LogP) is 21.3. The SMILES string of the molecule is CCCCCC/C=C\CCCCCCCC(=O)OCC(COC(=O)CCCCCCCCCCCCCCCCCCCCCCCCCC)OC(=O)CCCCCCCCCCCCCCCCC. The largest absolute Gasteiger partial charge is 0.462 e. The normalized spacial score (nSPS) is 12.0. The smallest absolute Gasteiger partial charge is 0.306 e. The van der Waals surface area contributed by atoms with Crippen LogP contribution in [0.1, 0.15) is 361 Å². The van der Waals surface area contributed by atoms with E-state index in [1.165, 1.54) is 257 Å². The van der Waals surface area contributed by atoms with E-state index in [0.717, 1.165) is 64.2 Å². The lowest BCUT2D eigenvalue weighted by Gasteiger charge is -2.18. The van der Waals surface area contributed by atoms with E-state index in [-0.39, 0.29) is 31.1 Å². The molecule has 0 aliphatic carbocycles. The van der Waals surface area contributed by atoms with Crippen LogP contribution in [0.15, 0.2) is 12.2 Å². The van der Waals surface area contributed by atoms with E-state index < -0.39 is 6.10 Å². The van der Waals surface area contributed by atoms with Crippen LogP contribution in [0.3, 0.4) is 0 Å². The minimum atomic E-state index is -0.768. The van der Waals surface area contributed by atoms with Gasteiger partial charge in [0.15, 0.2) is 6.10 Å². The molecular formula is C64H122O6. The molecule has 0 spiro atoms. The molecule has 6 nitrogen and oxygen atoms in total. The number of hydrogen-bond acceptors (Lipinski definition) is 6. The molecular weight excluding hydrogens is 865 g/mol. The summed E-state index contributed by atoms with van der Waals surface area (Å²) in [6.45, 7) is 6.69. The monoisotopic (exact) mass is 987 g/mol. The topological polar surface area (TPSA) is 78.9 Å². The highest BCUT2D eigenvalue weighted by molar-refractivity contribution is 5.71. The Balaban J connectivity index is 4.20. The molecule has 0 aromatic carbocycles. The molecule has 0 amide bonds. The average Bonchev–Trinajstić information content (AvgIpc) is 3.36. The number of ether oxygens (including phenoxy) is 3. The van der Waals surface area contributed by atoms with Gasteiger partial charge in [-0.05, 0) is 44.9 Å². The summed E-state index contributed by atoms with van der Waals surface area (Å²) >= 11 is 0. The Bertz CT molecular complexity index is 1090. The zero-order valence-electron chi connectivity index (χ0n) is 47.6. The molecule has 6 heteroatoms. The zero-order chi connectivity index (χ0) is 50.7. The standard InChI is InChI=1S/C64H122O6/c1-4-7-10-13-16-19-22-25-27-28-29-30-31-32-33-34-35-37-39-42-45-48-51-54-57-63(66)69-60-61(59-68-62(65)56-53-50-47-44-41-38-24-21-18-15-12-9-6-3)70-64(67)58-55-52-49-46-43-40-36-26-23-20-17-14-11-8-5-2/h21,24,61H,4-20,22-23,25-60H2,1-3H3/b24-21-. The van der Waals surface area contributed by atoms with Crippen LogP contribution in [0, 0.1) is 0 Å². The first-order valence-corrected chi connectivity index (χ1v) is 31.7. The highest BCUT2D eigenvalue weighted by Gasteiger charge is 2.19. The van der Waals surface area contributed by atoms with Gasteiger partial charge in [0.1, 0.15) is 13.2 Å². The fraction of sp³-hybridized carbons (Fsp3) is 0.922. The molecule has 0 N–H and O–H groups in total. The summed E-state index contributed by atoms with van der Waals surface area (Å²) < 4.78 is 16.9. The van der Waals surface area contributed by atoms with Crippen LogP contribution in [-0.4, -0.2) is 37.2 Å². The van der Waals surface area contributed by atoms with Gasteiger partial charge in [0.25, 0.3) is 0 Å². The van der Waals surface area contributed by atoms with Crippen molar-refractivity contribution in [1.29, 1.82) is 0 Å². The highest BCUT2D eigenvalue weighted by Crippen LogP contribution is 2.18. The Morgan fingerprint density at radius 2 is 0.471 bits per heavy atom. The summed E-state index contributed by atoms with van der Waals surface area (Å²) in [4.78, 5) is 38.2. The van der Waals surface area contributed by atoms with Crippen molar-refractivity contribution in [3.8, 4) is 0 Å². The first-order chi connectivity index (χ1) is 34.5. The minimum Gasteiger partial charge on any atom is -0.462 e. The Morgan fingerprint density at radius 3 is 0.729 bits per heavy atom. The first-order valence-electron chi connectivity index (χ1n) is 31.7. The number of rotatable bonds is 59. The molecule has 414 valence electrons. The van der Waals surface area contributed by atoms with Crippen LogP contribution in [0.5, 0.6) is 0 Å². The Hall–Kier alpha value is -1.85. The van der Waals surface area contributed by atoms with Crippen molar-refractivity contribution in [2.75, 3.05) is 13.2 Å². The molecule has 1 unspecified atom stereocenters. The summed E-state index contributed by atoms with van der Waals surface area (Å²) in [5.41, 5.74) is 0. The fourth-order valence-electron chi connectivity index (χ4n) is 9.74. The third kappa shape index (κ3) is 57.1. The molecule has 0 aliphatic heterocycles. The lowest BCUT2D eigenvalue weighted by atomic mass is 10.0. The molecule has 0 radical (unpaired) electrons. The van der Waals surface area contributed by atoms with Crippen molar-refractivity contribution in [3.63, 3.8) is 0 Å². The molecule has 0 saturated carbocycles. The predicted molar refractivity (Wildman–Crippen MR) is 303 cm³/mol. The van der Waals surface area contributed by atoms with Gasteiger partial charge in [-0.3, -0.25) is 14.4 Å². The maximum absolute atomic E-state index is 12.9. The second-order valence-corrected chi connectivity index (χ2v) is 21.7. The number of carbonyl (C=O) groups excluding carboxylic acids is 3. The summed E-state index contributed by atoms with van der Waals surface area (Å²) in [6, 6.07) is 0. The molecule has 0 saturated heterocycles. The molecule has 70 heavy (non-hydrogen) atoms. The second-order valence-electron chi connectivity index (χ2n) is 21.7. The molecule has 0 bridgehead atoms. The van der Waals surface area contributed by atoms with E-state index in [9.17, 15) is 14.4 Å². The summed E-state index contributed by atoms with van der Waals surface area (Å²) in [7, 11) is 0. The lowest BCUT2D eigenvalue weighted by Crippen LogP contribution is -2.30. The van der Waals surface area contributed by atoms with Gasteiger partial charge >= 0.3 is 17.9 Å². The first kappa shape index (κ1) is 68.2. The van der Waals surface area contributed by atoms with Crippen LogP contribution in [0.2, 0.25) is 0 Å². The van der Waals surface area contributed by atoms with Crippen molar-refractivity contribution in [1.82, 2.24) is 0 Å². The van der Waals surface area contributed by atoms with Crippen molar-refractivity contribution >= 4 is 17.9 Å². The van der Waals surface area contributed by atoms with Crippen molar-refractivity contribution in [2.45, 2.75) is 367 Å². The van der Waals surface area contributed by atoms with Gasteiger partial charge in [0.2, 0.25) is 0 Å². The van der Waals surface area contributed by atoms with Gasteiger partial charge in [-0.1, -0.05) is 309 Å². The molecule has 1 atom stereocenters. The summed E-state index contributed by atoms with van der Waals surface area (Å²) in [5.74, 6) is -0.847. The second kappa shape index (κ2) is 59.7. The zero-order valence-corrected chi connectivity index (χ0v) is 47.6. The van der Waals surface area contributed by atoms with Gasteiger partial charge in [-0.2, -0.15) is 0 Å². The summed E-state index contributed by atoms with van der Waals surface area (Å²) in [5, 5.41) is 0. The van der Waals surface area contributed by atoms with Crippen LogP contribution in [0.25, 0.3) is 0 Å². The third-order valence-corrected chi connectivity index (χ3v) is 14.5. The fourth-order valence-corrected chi connectivity index (χ4v) is 9.74. The van der Waals surface area contributed by atoms with E-state index in [1.807, 2.05) is 0 Å². The van der Waals surface area contributed by atoms with Crippen LogP contribution in [-0.2, 0) is 28.6 Å². The molecule has 0 aromatic heterocycles. The van der Waals surface area contributed by atoms with Crippen molar-refractivity contribution < 1.29 is 28.6 Å². The van der Waals surface area contributed by atoms with Gasteiger partial charge in [-0.15, -0.1) is 0 Å². The Morgan fingerprint density at radius 1 is 0.271 bits per heavy atom. The van der Waals surface area contributed by atoms with Gasteiger partial charge in [0, 0.05) is 19.3 Å². The minimum absolute atomic E-state index is 0.0662. The molecule has 0 rings (SSSR count). The average molecular weight is 988 g/mol.